The van der Waals surface area contributed by atoms with E-state index >= 15 is 0 Å². The maximum Gasteiger partial charge on any atom is 0.303 e. The molecule has 0 bridgehead atoms. The number of rotatable bonds is 10. The van der Waals surface area contributed by atoms with Crippen LogP contribution in [0.1, 0.15) is 38.5 Å². The van der Waals surface area contributed by atoms with Gasteiger partial charge in [0.15, 0.2) is 6.29 Å². The Morgan fingerprint density at radius 2 is 1.27 bits per heavy atom. The van der Waals surface area contributed by atoms with Gasteiger partial charge in [-0.05, 0) is 45.2 Å². The molecule has 8 heteroatoms. The molecule has 0 spiro atoms. The molecular weight excluding hydrogens is 336 g/mol. The van der Waals surface area contributed by atoms with Crippen LogP contribution < -0.4 is 10.6 Å². The first-order valence-electron chi connectivity index (χ1n) is 10.0. The normalized spacial score (nSPS) is 19.2. The van der Waals surface area contributed by atoms with E-state index in [1.54, 1.807) is 0 Å². The van der Waals surface area contributed by atoms with Gasteiger partial charge in [-0.3, -0.25) is 4.79 Å². The van der Waals surface area contributed by atoms with Crippen LogP contribution >= 0.6 is 0 Å². The Morgan fingerprint density at radius 1 is 0.808 bits per heavy atom. The number of hydrogen-bond acceptors (Lipinski definition) is 7. The van der Waals surface area contributed by atoms with Crippen LogP contribution in [0.4, 0.5) is 0 Å². The number of aliphatic hydroxyl groups is 2. The molecule has 8 nitrogen and oxygen atoms in total. The van der Waals surface area contributed by atoms with E-state index in [0.29, 0.717) is 6.42 Å². The highest BCUT2D eigenvalue weighted by molar-refractivity contribution is 5.66. The molecule has 1 aliphatic rings. The lowest BCUT2D eigenvalue weighted by Gasteiger charge is -2.26. The van der Waals surface area contributed by atoms with Gasteiger partial charge in [-0.25, -0.2) is 0 Å². The largest absolute Gasteiger partial charge is 0.481 e. The number of aliphatic carboxylic acids is 1. The molecule has 0 aliphatic carbocycles. The molecular formula is C18H38N4O4. The number of aliphatic hydroxyl groups excluding tert-OH is 1. The van der Waals surface area contributed by atoms with Crippen molar-refractivity contribution in [2.45, 2.75) is 44.8 Å². The molecule has 0 amide bonds. The molecule has 0 aromatic rings. The minimum absolute atomic E-state index is 0.261. The van der Waals surface area contributed by atoms with Gasteiger partial charge >= 0.3 is 5.97 Å². The smallest absolute Gasteiger partial charge is 0.303 e. The van der Waals surface area contributed by atoms with E-state index < -0.39 is 12.3 Å². The Hall–Kier alpha value is -0.770. The molecule has 0 aromatic heterocycles. The van der Waals surface area contributed by atoms with Crippen molar-refractivity contribution < 1.29 is 20.1 Å². The lowest BCUT2D eigenvalue weighted by atomic mass is 10.2. The summed E-state index contributed by atoms with van der Waals surface area (Å²) in [6.07, 6.45) is 3.03. The SMILES string of the molecule is O=C(O)CCCCN1CCNCCN(CCCCC(O)O)CCNCC1. The first-order chi connectivity index (χ1) is 12.6. The second-order valence-electron chi connectivity index (χ2n) is 7.01. The van der Waals surface area contributed by atoms with Gasteiger partial charge in [-0.15, -0.1) is 0 Å². The van der Waals surface area contributed by atoms with Crippen molar-refractivity contribution in [1.82, 2.24) is 20.4 Å². The van der Waals surface area contributed by atoms with Crippen LogP contribution in [0.5, 0.6) is 0 Å². The highest BCUT2D eigenvalue weighted by atomic mass is 16.5. The average Bonchev–Trinajstić information content (AvgIpc) is 2.58. The summed E-state index contributed by atoms with van der Waals surface area (Å²) in [5.41, 5.74) is 0. The van der Waals surface area contributed by atoms with Crippen LogP contribution in [0.2, 0.25) is 0 Å². The summed E-state index contributed by atoms with van der Waals surface area (Å²) in [7, 11) is 0. The number of carboxylic acid groups (broad SMARTS) is 1. The zero-order chi connectivity index (χ0) is 19.0. The van der Waals surface area contributed by atoms with Crippen molar-refractivity contribution in [2.75, 3.05) is 65.4 Å². The summed E-state index contributed by atoms with van der Waals surface area (Å²) in [6.45, 7) is 9.74. The van der Waals surface area contributed by atoms with Crippen LogP contribution in [0.15, 0.2) is 0 Å². The van der Waals surface area contributed by atoms with E-state index in [-0.39, 0.29) is 6.42 Å². The summed E-state index contributed by atoms with van der Waals surface area (Å²) < 4.78 is 0. The van der Waals surface area contributed by atoms with Crippen LogP contribution in [-0.2, 0) is 4.79 Å². The molecule has 1 saturated heterocycles. The van der Waals surface area contributed by atoms with E-state index in [2.05, 4.69) is 20.4 Å². The number of nitrogens with one attached hydrogen (secondary N) is 2. The first kappa shape index (κ1) is 23.3. The molecule has 0 saturated carbocycles. The second kappa shape index (κ2) is 15.3. The Bertz CT molecular complexity index is 344. The molecule has 0 aromatic carbocycles. The Labute approximate surface area is 157 Å². The van der Waals surface area contributed by atoms with Crippen molar-refractivity contribution in [3.05, 3.63) is 0 Å². The summed E-state index contributed by atoms with van der Waals surface area (Å²) in [5, 5.41) is 33.5. The van der Waals surface area contributed by atoms with E-state index in [1.165, 1.54) is 0 Å². The molecule has 1 rings (SSSR count). The molecule has 0 atom stereocenters. The third kappa shape index (κ3) is 13.4. The topological polar surface area (TPSA) is 108 Å². The van der Waals surface area contributed by atoms with Gasteiger partial charge < -0.3 is 35.8 Å². The molecule has 26 heavy (non-hydrogen) atoms. The molecule has 5 N–H and O–H groups in total. The fourth-order valence-electron chi connectivity index (χ4n) is 3.14. The number of nitrogens with zero attached hydrogens (tertiary/aromatic N) is 2. The van der Waals surface area contributed by atoms with Gasteiger partial charge in [-0.2, -0.15) is 0 Å². The predicted molar refractivity (Wildman–Crippen MR) is 102 cm³/mol. The Morgan fingerprint density at radius 3 is 1.69 bits per heavy atom. The van der Waals surface area contributed by atoms with Crippen molar-refractivity contribution in [3.63, 3.8) is 0 Å². The Balaban J connectivity index is 2.21. The number of unbranched alkanes of at least 4 members (excludes halogenated alkanes) is 2. The highest BCUT2D eigenvalue weighted by Gasteiger charge is 2.09. The minimum Gasteiger partial charge on any atom is -0.481 e. The van der Waals surface area contributed by atoms with Crippen LogP contribution in [-0.4, -0.2) is 103 Å². The first-order valence-corrected chi connectivity index (χ1v) is 10.0. The molecule has 1 aliphatic heterocycles. The van der Waals surface area contributed by atoms with E-state index in [9.17, 15) is 4.79 Å². The number of carboxylic acids is 1. The third-order valence-corrected chi connectivity index (χ3v) is 4.72. The Kier molecular flexibility index (Phi) is 13.7. The zero-order valence-electron chi connectivity index (χ0n) is 16.0. The maximum atomic E-state index is 10.6. The second-order valence-corrected chi connectivity index (χ2v) is 7.01. The maximum absolute atomic E-state index is 10.6. The van der Waals surface area contributed by atoms with Gasteiger partial charge in [0.25, 0.3) is 0 Å². The van der Waals surface area contributed by atoms with Gasteiger partial charge in [0, 0.05) is 58.8 Å². The van der Waals surface area contributed by atoms with E-state index in [0.717, 1.165) is 91.1 Å². The summed E-state index contributed by atoms with van der Waals surface area (Å²) >= 11 is 0. The van der Waals surface area contributed by atoms with Crippen LogP contribution in [0.25, 0.3) is 0 Å². The summed E-state index contributed by atoms with van der Waals surface area (Å²) in [4.78, 5) is 15.4. The number of carbonyl (C=O) groups is 1. The fourth-order valence-corrected chi connectivity index (χ4v) is 3.14. The molecule has 1 heterocycles. The van der Waals surface area contributed by atoms with Crippen LogP contribution in [0.3, 0.4) is 0 Å². The van der Waals surface area contributed by atoms with Gasteiger partial charge in [0.2, 0.25) is 0 Å². The minimum atomic E-state index is -1.18. The molecule has 0 radical (unpaired) electrons. The lowest BCUT2D eigenvalue weighted by molar-refractivity contribution is -0.137. The van der Waals surface area contributed by atoms with Gasteiger partial charge in [0.05, 0.1) is 0 Å². The van der Waals surface area contributed by atoms with Gasteiger partial charge in [-0.1, -0.05) is 0 Å². The molecule has 1 fully saturated rings. The standard InChI is InChI=1S/C18H38N4O4/c23-17(24)5-1-3-11-21-13-7-19-9-15-22(16-10-20-8-14-21)12-4-2-6-18(25)26/h17,19-20,23-24H,1-16H2,(H,25,26). The third-order valence-electron chi connectivity index (χ3n) is 4.72. The quantitative estimate of drug-likeness (QED) is 0.258. The summed E-state index contributed by atoms with van der Waals surface area (Å²) in [5.74, 6) is -0.709. The fraction of sp³-hybridized carbons (Fsp3) is 0.944. The summed E-state index contributed by atoms with van der Waals surface area (Å²) in [6, 6.07) is 0. The van der Waals surface area contributed by atoms with E-state index in [4.69, 9.17) is 15.3 Å². The highest BCUT2D eigenvalue weighted by Crippen LogP contribution is 2.02. The number of hydrogen-bond donors (Lipinski definition) is 5. The van der Waals surface area contributed by atoms with E-state index in [1.807, 2.05) is 0 Å². The van der Waals surface area contributed by atoms with Crippen LogP contribution in [0, 0.1) is 0 Å². The predicted octanol–water partition coefficient (Wildman–Crippen LogP) is -0.481. The van der Waals surface area contributed by atoms with Crippen molar-refractivity contribution in [3.8, 4) is 0 Å². The molecule has 154 valence electrons. The average molecular weight is 375 g/mol. The van der Waals surface area contributed by atoms with Crippen molar-refractivity contribution >= 4 is 5.97 Å². The monoisotopic (exact) mass is 374 g/mol. The lowest BCUT2D eigenvalue weighted by Crippen LogP contribution is -2.43. The molecule has 0 unspecified atom stereocenters. The van der Waals surface area contributed by atoms with Gasteiger partial charge in [0.1, 0.15) is 0 Å². The zero-order valence-corrected chi connectivity index (χ0v) is 16.0. The van der Waals surface area contributed by atoms with Crippen molar-refractivity contribution in [2.24, 2.45) is 0 Å². The van der Waals surface area contributed by atoms with Crippen molar-refractivity contribution in [1.29, 1.82) is 0 Å².